The first kappa shape index (κ1) is 18.1. The van der Waals surface area contributed by atoms with Crippen molar-refractivity contribution in [1.82, 2.24) is 4.90 Å². The Morgan fingerprint density at radius 3 is 1.96 bits per heavy atom. The largest absolute Gasteiger partial charge is 0.389 e. The molecule has 0 unspecified atom stereocenters. The predicted octanol–water partition coefficient (Wildman–Crippen LogP) is 3.40. The molecular formula is C22H29NO2. The monoisotopic (exact) mass is 339 g/mol. The van der Waals surface area contributed by atoms with Gasteiger partial charge in [-0.3, -0.25) is 0 Å². The van der Waals surface area contributed by atoms with Gasteiger partial charge in [-0.15, -0.1) is 0 Å². The highest BCUT2D eigenvalue weighted by Crippen LogP contribution is 2.43. The summed E-state index contributed by atoms with van der Waals surface area (Å²) < 4.78 is 0. The Balaban J connectivity index is 2.02. The van der Waals surface area contributed by atoms with Gasteiger partial charge in [0.15, 0.2) is 0 Å². The fraction of sp³-hybridized carbons (Fsp3) is 0.455. The van der Waals surface area contributed by atoms with E-state index in [0.29, 0.717) is 12.8 Å². The fourth-order valence-electron chi connectivity index (χ4n) is 4.14. The average molecular weight is 339 g/mol. The molecule has 1 fully saturated rings. The standard InChI is InChI=1S/C22H29NO2/c1-17-15-23(3)18(2)14-21(17,24)16-22(25,19-10-6-4-7-11-19)20-12-8-5-9-13-20/h4-13,17-18,24-25H,14-16H2,1-3H3/t17-,18-,21-/m1/s1. The summed E-state index contributed by atoms with van der Waals surface area (Å²) in [6.45, 7) is 5.05. The zero-order valence-corrected chi connectivity index (χ0v) is 15.4. The van der Waals surface area contributed by atoms with Gasteiger partial charge in [0.2, 0.25) is 0 Å². The summed E-state index contributed by atoms with van der Waals surface area (Å²) in [6.07, 6.45) is 0.958. The van der Waals surface area contributed by atoms with E-state index in [-0.39, 0.29) is 12.0 Å². The average Bonchev–Trinajstić information content (AvgIpc) is 2.61. The highest BCUT2D eigenvalue weighted by atomic mass is 16.3. The van der Waals surface area contributed by atoms with Crippen molar-refractivity contribution in [3.63, 3.8) is 0 Å². The maximum Gasteiger partial charge on any atom is 0.117 e. The van der Waals surface area contributed by atoms with Gasteiger partial charge >= 0.3 is 0 Å². The minimum absolute atomic E-state index is 0.0904. The second kappa shape index (κ2) is 6.91. The highest BCUT2D eigenvalue weighted by molar-refractivity contribution is 5.36. The van der Waals surface area contributed by atoms with Crippen LogP contribution in [0.15, 0.2) is 60.7 Å². The predicted molar refractivity (Wildman–Crippen MR) is 101 cm³/mol. The second-order valence-electron chi connectivity index (χ2n) is 7.77. The lowest BCUT2D eigenvalue weighted by atomic mass is 9.69. The number of benzene rings is 2. The number of nitrogens with zero attached hydrogens (tertiary/aromatic N) is 1. The van der Waals surface area contributed by atoms with Gasteiger partial charge in [0.1, 0.15) is 5.60 Å². The zero-order valence-electron chi connectivity index (χ0n) is 15.4. The molecule has 3 atom stereocenters. The highest BCUT2D eigenvalue weighted by Gasteiger charge is 2.47. The van der Waals surface area contributed by atoms with Gasteiger partial charge in [-0.1, -0.05) is 67.6 Å². The molecule has 0 amide bonds. The van der Waals surface area contributed by atoms with Crippen LogP contribution in [0.1, 0.15) is 37.8 Å². The molecule has 3 nitrogen and oxygen atoms in total. The zero-order chi connectivity index (χ0) is 18.1. The van der Waals surface area contributed by atoms with Crippen LogP contribution >= 0.6 is 0 Å². The molecule has 25 heavy (non-hydrogen) atoms. The normalized spacial score (nSPS) is 28.0. The Morgan fingerprint density at radius 2 is 1.48 bits per heavy atom. The third-order valence-electron chi connectivity index (χ3n) is 5.95. The van der Waals surface area contributed by atoms with Crippen molar-refractivity contribution in [3.8, 4) is 0 Å². The molecule has 3 rings (SSSR count). The molecule has 0 spiro atoms. The van der Waals surface area contributed by atoms with E-state index in [9.17, 15) is 10.2 Å². The van der Waals surface area contributed by atoms with E-state index in [1.807, 2.05) is 60.7 Å². The van der Waals surface area contributed by atoms with E-state index < -0.39 is 11.2 Å². The number of piperidine rings is 1. The summed E-state index contributed by atoms with van der Waals surface area (Å²) in [5.74, 6) is 0.0904. The van der Waals surface area contributed by atoms with Gasteiger partial charge in [-0.2, -0.15) is 0 Å². The number of rotatable bonds is 4. The minimum atomic E-state index is -1.21. The molecule has 2 aromatic carbocycles. The molecule has 1 saturated heterocycles. The number of aliphatic hydroxyl groups is 2. The summed E-state index contributed by atoms with van der Waals surface area (Å²) in [5, 5.41) is 23.3. The van der Waals surface area contributed by atoms with Crippen molar-refractivity contribution in [2.24, 2.45) is 5.92 Å². The molecule has 0 aliphatic carbocycles. The molecule has 0 radical (unpaired) electrons. The molecule has 1 aliphatic rings. The van der Waals surface area contributed by atoms with Crippen molar-refractivity contribution < 1.29 is 10.2 Å². The molecule has 1 heterocycles. The maximum atomic E-state index is 11.8. The van der Waals surface area contributed by atoms with E-state index in [4.69, 9.17) is 0 Å². The van der Waals surface area contributed by atoms with Crippen LogP contribution in [0, 0.1) is 5.92 Å². The Morgan fingerprint density at radius 1 is 1.00 bits per heavy atom. The number of hydrogen-bond acceptors (Lipinski definition) is 3. The molecular weight excluding hydrogens is 310 g/mol. The van der Waals surface area contributed by atoms with Crippen LogP contribution in [0.4, 0.5) is 0 Å². The molecule has 0 aromatic heterocycles. The molecule has 2 N–H and O–H groups in total. The third kappa shape index (κ3) is 3.50. The van der Waals surface area contributed by atoms with E-state index in [0.717, 1.165) is 17.7 Å². The Kier molecular flexibility index (Phi) is 5.01. The molecule has 0 saturated carbocycles. The van der Waals surface area contributed by atoms with Crippen LogP contribution in [0.5, 0.6) is 0 Å². The lowest BCUT2D eigenvalue weighted by Gasteiger charge is -2.49. The lowest BCUT2D eigenvalue weighted by molar-refractivity contribution is -0.121. The van der Waals surface area contributed by atoms with Crippen LogP contribution in [0.2, 0.25) is 0 Å². The first-order valence-corrected chi connectivity index (χ1v) is 9.11. The fourth-order valence-corrected chi connectivity index (χ4v) is 4.14. The Bertz CT molecular complexity index is 648. The lowest BCUT2D eigenvalue weighted by Crippen LogP contribution is -2.56. The van der Waals surface area contributed by atoms with E-state index >= 15 is 0 Å². The molecule has 2 aromatic rings. The van der Waals surface area contributed by atoms with Crippen LogP contribution in [0.3, 0.4) is 0 Å². The first-order chi connectivity index (χ1) is 11.8. The van der Waals surface area contributed by atoms with Gasteiger partial charge in [0, 0.05) is 19.0 Å². The van der Waals surface area contributed by atoms with Crippen molar-refractivity contribution in [1.29, 1.82) is 0 Å². The Hall–Kier alpha value is -1.68. The maximum absolute atomic E-state index is 11.8. The summed E-state index contributed by atoms with van der Waals surface area (Å²) in [4.78, 5) is 2.28. The van der Waals surface area contributed by atoms with E-state index in [1.165, 1.54) is 0 Å². The van der Waals surface area contributed by atoms with Gasteiger partial charge in [0.25, 0.3) is 0 Å². The first-order valence-electron chi connectivity index (χ1n) is 9.11. The topological polar surface area (TPSA) is 43.7 Å². The molecule has 0 bridgehead atoms. The van der Waals surface area contributed by atoms with Crippen molar-refractivity contribution in [2.45, 2.75) is 43.9 Å². The van der Waals surface area contributed by atoms with Gasteiger partial charge in [-0.05, 0) is 37.4 Å². The van der Waals surface area contributed by atoms with Crippen molar-refractivity contribution in [3.05, 3.63) is 71.8 Å². The van der Waals surface area contributed by atoms with Crippen LogP contribution in [-0.4, -0.2) is 40.3 Å². The van der Waals surface area contributed by atoms with Gasteiger partial charge in [-0.25, -0.2) is 0 Å². The molecule has 134 valence electrons. The quantitative estimate of drug-likeness (QED) is 0.897. The van der Waals surface area contributed by atoms with E-state index in [2.05, 4.69) is 25.8 Å². The smallest absolute Gasteiger partial charge is 0.117 e. The number of hydrogen-bond donors (Lipinski definition) is 2. The van der Waals surface area contributed by atoms with Crippen LogP contribution in [-0.2, 0) is 5.60 Å². The summed E-state index contributed by atoms with van der Waals surface area (Å²) >= 11 is 0. The minimum Gasteiger partial charge on any atom is -0.389 e. The van der Waals surface area contributed by atoms with E-state index in [1.54, 1.807) is 0 Å². The Labute approximate surface area is 150 Å². The third-order valence-corrected chi connectivity index (χ3v) is 5.95. The SMILES string of the molecule is C[C@@H]1C[C@@](O)(CC(O)(c2ccccc2)c2ccccc2)[C@H](C)CN1C. The number of likely N-dealkylation sites (tertiary alicyclic amines) is 1. The van der Waals surface area contributed by atoms with Gasteiger partial charge in [0.05, 0.1) is 5.60 Å². The van der Waals surface area contributed by atoms with Crippen LogP contribution in [0.25, 0.3) is 0 Å². The summed E-state index contributed by atoms with van der Waals surface area (Å²) in [5.41, 5.74) is -0.463. The molecule has 1 aliphatic heterocycles. The van der Waals surface area contributed by atoms with Gasteiger partial charge < -0.3 is 15.1 Å². The van der Waals surface area contributed by atoms with Crippen LogP contribution < -0.4 is 0 Å². The summed E-state index contributed by atoms with van der Waals surface area (Å²) in [6, 6.07) is 19.7. The summed E-state index contributed by atoms with van der Waals surface area (Å²) in [7, 11) is 2.10. The molecule has 3 heteroatoms. The second-order valence-corrected chi connectivity index (χ2v) is 7.77. The van der Waals surface area contributed by atoms with Crippen molar-refractivity contribution in [2.75, 3.05) is 13.6 Å². The van der Waals surface area contributed by atoms with Crippen molar-refractivity contribution >= 4 is 0 Å².